The quantitative estimate of drug-likeness (QED) is 0.760. The van der Waals surface area contributed by atoms with Crippen LogP contribution in [0.1, 0.15) is 12.0 Å². The molecule has 2 rings (SSSR count). The number of halogens is 2. The Hall–Kier alpha value is -1.17. The molecule has 3 N–H and O–H groups in total. The molecule has 0 spiro atoms. The number of anilines is 1. The molecule has 6 heteroatoms. The molecule has 100 valence electrons. The molecule has 0 radical (unpaired) electrons. The minimum Gasteiger partial charge on any atom is -0.392 e. The molecule has 1 aromatic carbocycles. The van der Waals surface area contributed by atoms with Gasteiger partial charge in [0, 0.05) is 6.54 Å². The second-order valence-electron chi connectivity index (χ2n) is 4.32. The number of aliphatic hydroxyl groups is 1. The Morgan fingerprint density at radius 3 is 2.83 bits per heavy atom. The maximum Gasteiger partial charge on any atom is 0.241 e. The van der Waals surface area contributed by atoms with E-state index in [4.69, 9.17) is 0 Å². The topological polar surface area (TPSA) is 61.4 Å². The Bertz CT molecular complexity index is 442. The number of rotatable bonds is 2. The first-order valence-corrected chi connectivity index (χ1v) is 5.54. The second kappa shape index (κ2) is 6.13. The Kier molecular flexibility index (Phi) is 5.07. The van der Waals surface area contributed by atoms with Crippen molar-refractivity contribution in [2.75, 3.05) is 11.9 Å². The van der Waals surface area contributed by atoms with Crippen LogP contribution >= 0.6 is 12.4 Å². The predicted molar refractivity (Wildman–Crippen MR) is 69.4 cm³/mol. The summed E-state index contributed by atoms with van der Waals surface area (Å²) in [4.78, 5) is 11.7. The average molecular weight is 275 g/mol. The molecule has 1 amide bonds. The van der Waals surface area contributed by atoms with Crippen LogP contribution in [-0.4, -0.2) is 29.7 Å². The fraction of sp³-hybridized carbons (Fsp3) is 0.417. The van der Waals surface area contributed by atoms with Crippen LogP contribution in [0.2, 0.25) is 0 Å². The lowest BCUT2D eigenvalue weighted by Crippen LogP contribution is -2.35. The highest BCUT2D eigenvalue weighted by Crippen LogP contribution is 2.16. The lowest BCUT2D eigenvalue weighted by Gasteiger charge is -2.11. The van der Waals surface area contributed by atoms with E-state index in [0.29, 0.717) is 13.0 Å². The molecule has 1 heterocycles. The summed E-state index contributed by atoms with van der Waals surface area (Å²) in [6.45, 7) is 2.18. The van der Waals surface area contributed by atoms with Crippen molar-refractivity contribution in [2.24, 2.45) is 0 Å². The number of carbonyl (C=O) groups is 1. The molecule has 2 unspecified atom stereocenters. The lowest BCUT2D eigenvalue weighted by molar-refractivity contribution is -0.118. The van der Waals surface area contributed by atoms with E-state index >= 15 is 0 Å². The number of hydrogen-bond acceptors (Lipinski definition) is 3. The third-order valence-corrected chi connectivity index (χ3v) is 2.81. The SMILES string of the molecule is Cc1ccc(NC(=O)C2CC(O)CN2)c(F)c1.Cl. The zero-order chi connectivity index (χ0) is 12.4. The fourth-order valence-corrected chi connectivity index (χ4v) is 1.86. The number of aliphatic hydroxyl groups excluding tert-OH is 1. The molecule has 0 aliphatic carbocycles. The van der Waals surface area contributed by atoms with E-state index in [0.717, 1.165) is 5.56 Å². The van der Waals surface area contributed by atoms with Crippen LogP contribution in [0.5, 0.6) is 0 Å². The van der Waals surface area contributed by atoms with Gasteiger partial charge < -0.3 is 15.7 Å². The summed E-state index contributed by atoms with van der Waals surface area (Å²) < 4.78 is 13.5. The molecule has 0 bridgehead atoms. The summed E-state index contributed by atoms with van der Waals surface area (Å²) in [5.41, 5.74) is 0.971. The van der Waals surface area contributed by atoms with Gasteiger partial charge in [0.2, 0.25) is 5.91 Å². The monoisotopic (exact) mass is 274 g/mol. The Balaban J connectivity index is 0.00000162. The van der Waals surface area contributed by atoms with Gasteiger partial charge in [-0.05, 0) is 31.0 Å². The lowest BCUT2D eigenvalue weighted by atomic mass is 10.1. The van der Waals surface area contributed by atoms with Crippen molar-refractivity contribution in [2.45, 2.75) is 25.5 Å². The molecular formula is C12H16ClFN2O2. The van der Waals surface area contributed by atoms with Crippen molar-refractivity contribution in [3.05, 3.63) is 29.6 Å². The summed E-state index contributed by atoms with van der Waals surface area (Å²) in [7, 11) is 0. The zero-order valence-corrected chi connectivity index (χ0v) is 10.8. The van der Waals surface area contributed by atoms with E-state index in [1.165, 1.54) is 12.1 Å². The van der Waals surface area contributed by atoms with Crippen LogP contribution in [0.25, 0.3) is 0 Å². The number of aryl methyl sites for hydroxylation is 1. The minimum atomic E-state index is -0.506. The summed E-state index contributed by atoms with van der Waals surface area (Å²) in [5.74, 6) is -0.763. The second-order valence-corrected chi connectivity index (χ2v) is 4.32. The number of β-amino-alcohol motifs (C(OH)–C–C–N with tert-alkyl or cyclic N) is 1. The summed E-state index contributed by atoms with van der Waals surface area (Å²) in [6, 6.07) is 4.18. The van der Waals surface area contributed by atoms with E-state index in [1.807, 2.05) is 0 Å². The zero-order valence-electron chi connectivity index (χ0n) is 9.94. The largest absolute Gasteiger partial charge is 0.392 e. The van der Waals surface area contributed by atoms with Crippen LogP contribution < -0.4 is 10.6 Å². The summed E-state index contributed by atoms with van der Waals surface area (Å²) in [6.07, 6.45) is -0.145. The van der Waals surface area contributed by atoms with Crippen molar-refractivity contribution in [1.82, 2.24) is 5.32 Å². The van der Waals surface area contributed by atoms with Gasteiger partial charge in [0.15, 0.2) is 0 Å². The highest BCUT2D eigenvalue weighted by Gasteiger charge is 2.28. The molecular weight excluding hydrogens is 259 g/mol. The van der Waals surface area contributed by atoms with Crippen molar-refractivity contribution >= 4 is 24.0 Å². The highest BCUT2D eigenvalue weighted by molar-refractivity contribution is 5.95. The van der Waals surface area contributed by atoms with Crippen molar-refractivity contribution in [3.63, 3.8) is 0 Å². The van der Waals surface area contributed by atoms with Crippen LogP contribution in [-0.2, 0) is 4.79 Å². The molecule has 4 nitrogen and oxygen atoms in total. The van der Waals surface area contributed by atoms with Crippen molar-refractivity contribution in [1.29, 1.82) is 0 Å². The molecule has 0 aromatic heterocycles. The number of carbonyl (C=O) groups excluding carboxylic acids is 1. The molecule has 1 aliphatic heterocycles. The fourth-order valence-electron chi connectivity index (χ4n) is 1.86. The molecule has 1 aromatic rings. The summed E-state index contributed by atoms with van der Waals surface area (Å²) in [5, 5.41) is 14.7. The average Bonchev–Trinajstić information content (AvgIpc) is 2.69. The van der Waals surface area contributed by atoms with Crippen LogP contribution in [0.4, 0.5) is 10.1 Å². The maximum atomic E-state index is 13.5. The van der Waals surface area contributed by atoms with Gasteiger partial charge >= 0.3 is 0 Å². The number of hydrogen-bond donors (Lipinski definition) is 3. The summed E-state index contributed by atoms with van der Waals surface area (Å²) >= 11 is 0. The third-order valence-electron chi connectivity index (χ3n) is 2.81. The van der Waals surface area contributed by atoms with Gasteiger partial charge in [0.25, 0.3) is 0 Å². The first-order chi connectivity index (χ1) is 8.06. The van der Waals surface area contributed by atoms with Crippen LogP contribution in [0, 0.1) is 12.7 Å². The first kappa shape index (κ1) is 14.9. The Morgan fingerprint density at radius 1 is 1.56 bits per heavy atom. The normalized spacial score (nSPS) is 22.4. The predicted octanol–water partition coefficient (Wildman–Crippen LogP) is 1.22. The Morgan fingerprint density at radius 2 is 2.28 bits per heavy atom. The number of nitrogens with one attached hydrogen (secondary N) is 2. The minimum absolute atomic E-state index is 0. The van der Waals surface area contributed by atoms with E-state index in [9.17, 15) is 14.3 Å². The van der Waals surface area contributed by atoms with Crippen molar-refractivity contribution in [3.8, 4) is 0 Å². The van der Waals surface area contributed by atoms with E-state index in [-0.39, 0.29) is 24.0 Å². The number of amides is 1. The molecule has 1 fully saturated rings. The first-order valence-electron chi connectivity index (χ1n) is 5.54. The molecule has 0 saturated carbocycles. The third kappa shape index (κ3) is 3.41. The number of benzene rings is 1. The molecule has 18 heavy (non-hydrogen) atoms. The Labute approximate surface area is 111 Å². The van der Waals surface area contributed by atoms with Gasteiger partial charge in [-0.1, -0.05) is 6.07 Å². The maximum absolute atomic E-state index is 13.5. The van der Waals surface area contributed by atoms with Gasteiger partial charge in [-0.3, -0.25) is 4.79 Å². The molecule has 2 atom stereocenters. The van der Waals surface area contributed by atoms with Gasteiger partial charge in [0.05, 0.1) is 17.8 Å². The highest BCUT2D eigenvalue weighted by atomic mass is 35.5. The molecule has 1 aliphatic rings. The standard InChI is InChI=1S/C12H15FN2O2.ClH/c1-7-2-3-10(9(13)4-7)15-12(17)11-5-8(16)6-14-11;/h2-4,8,11,14,16H,5-6H2,1H3,(H,15,17);1H. The smallest absolute Gasteiger partial charge is 0.241 e. The van der Waals surface area contributed by atoms with Gasteiger partial charge in [-0.15, -0.1) is 12.4 Å². The van der Waals surface area contributed by atoms with E-state index in [2.05, 4.69) is 10.6 Å². The molecule has 1 saturated heterocycles. The van der Waals surface area contributed by atoms with Gasteiger partial charge in [0.1, 0.15) is 5.82 Å². The van der Waals surface area contributed by atoms with Crippen LogP contribution in [0.15, 0.2) is 18.2 Å². The van der Waals surface area contributed by atoms with E-state index < -0.39 is 18.0 Å². The van der Waals surface area contributed by atoms with E-state index in [1.54, 1.807) is 13.0 Å². The van der Waals surface area contributed by atoms with Crippen LogP contribution in [0.3, 0.4) is 0 Å². The van der Waals surface area contributed by atoms with Gasteiger partial charge in [-0.2, -0.15) is 0 Å². The van der Waals surface area contributed by atoms with Crippen molar-refractivity contribution < 1.29 is 14.3 Å². The van der Waals surface area contributed by atoms with Gasteiger partial charge in [-0.25, -0.2) is 4.39 Å².